The Balaban J connectivity index is 1.24. The Morgan fingerprint density at radius 1 is 1.03 bits per heavy atom. The van der Waals surface area contributed by atoms with E-state index in [2.05, 4.69) is 15.1 Å². The summed E-state index contributed by atoms with van der Waals surface area (Å²) in [7, 11) is 0. The van der Waals surface area contributed by atoms with E-state index in [9.17, 15) is 18.0 Å². The average Bonchev–Trinajstić information content (AvgIpc) is 3.25. The van der Waals surface area contributed by atoms with E-state index in [4.69, 9.17) is 9.47 Å². The molecule has 172 valence electrons. The fourth-order valence-electron chi connectivity index (χ4n) is 3.97. The number of carbonyl (C=O) groups excluding carboxylic acids is 1. The van der Waals surface area contributed by atoms with Gasteiger partial charge in [-0.1, -0.05) is 24.3 Å². The van der Waals surface area contributed by atoms with Gasteiger partial charge in [0.05, 0.1) is 11.6 Å². The normalized spacial score (nSPS) is 17.9. The number of rotatable bonds is 6. The molecule has 2 aromatic rings. The number of hydrogen-bond donors (Lipinski definition) is 1. The molecule has 1 N–H and O–H groups in total. The zero-order chi connectivity index (χ0) is 22.7. The van der Waals surface area contributed by atoms with Crippen molar-refractivity contribution in [2.75, 3.05) is 33.0 Å². The first-order chi connectivity index (χ1) is 15.3. The van der Waals surface area contributed by atoms with Crippen molar-refractivity contribution in [1.82, 2.24) is 15.1 Å². The predicted octanol–water partition coefficient (Wildman–Crippen LogP) is 3.26. The number of halogens is 3. The van der Waals surface area contributed by atoms with Crippen LogP contribution in [-0.2, 0) is 24.1 Å². The third kappa shape index (κ3) is 5.34. The molecule has 1 saturated heterocycles. The summed E-state index contributed by atoms with van der Waals surface area (Å²) in [6.07, 6.45) is -4.34. The first-order valence-corrected chi connectivity index (χ1v) is 10.6. The molecule has 4 rings (SSSR count). The van der Waals surface area contributed by atoms with E-state index < -0.39 is 11.7 Å². The van der Waals surface area contributed by atoms with Gasteiger partial charge < -0.3 is 14.8 Å². The number of benzene rings is 2. The molecule has 1 fully saturated rings. The number of fused-ring (bicyclic) bond motifs is 1. The van der Waals surface area contributed by atoms with E-state index >= 15 is 0 Å². The molecule has 0 aliphatic carbocycles. The minimum Gasteiger partial charge on any atom is -0.454 e. The van der Waals surface area contributed by atoms with Crippen molar-refractivity contribution >= 4 is 5.91 Å². The maximum absolute atomic E-state index is 12.9. The first kappa shape index (κ1) is 22.4. The summed E-state index contributed by atoms with van der Waals surface area (Å²) in [6.45, 7) is 5.68. The summed E-state index contributed by atoms with van der Waals surface area (Å²) in [5, 5.41) is 2.96. The number of nitrogens with one attached hydrogen (secondary N) is 1. The molecule has 0 spiro atoms. The van der Waals surface area contributed by atoms with Crippen molar-refractivity contribution in [1.29, 1.82) is 0 Å². The Kier molecular flexibility index (Phi) is 6.57. The van der Waals surface area contributed by atoms with E-state index in [0.29, 0.717) is 56.3 Å². The first-order valence-electron chi connectivity index (χ1n) is 10.6. The van der Waals surface area contributed by atoms with Gasteiger partial charge in [0.15, 0.2) is 11.5 Å². The van der Waals surface area contributed by atoms with Crippen molar-refractivity contribution in [3.05, 3.63) is 59.2 Å². The zero-order valence-electron chi connectivity index (χ0n) is 17.8. The van der Waals surface area contributed by atoms with Gasteiger partial charge in [-0.2, -0.15) is 13.2 Å². The zero-order valence-corrected chi connectivity index (χ0v) is 17.8. The molecule has 1 atom stereocenters. The Hall–Kier alpha value is -2.78. The molecule has 32 heavy (non-hydrogen) atoms. The van der Waals surface area contributed by atoms with Crippen LogP contribution < -0.4 is 14.8 Å². The second kappa shape index (κ2) is 9.38. The summed E-state index contributed by atoms with van der Waals surface area (Å²) in [4.78, 5) is 16.8. The molecule has 1 amide bonds. The fraction of sp³-hybridized carbons (Fsp3) is 0.435. The monoisotopic (exact) mass is 449 g/mol. The second-order valence-electron chi connectivity index (χ2n) is 8.09. The molecular formula is C23H26F3N3O3. The molecule has 1 unspecified atom stereocenters. The van der Waals surface area contributed by atoms with Crippen LogP contribution in [0.1, 0.15) is 23.6 Å². The smallest absolute Gasteiger partial charge is 0.416 e. The maximum atomic E-state index is 12.9. The van der Waals surface area contributed by atoms with Gasteiger partial charge in [-0.25, -0.2) is 0 Å². The quantitative estimate of drug-likeness (QED) is 0.734. The van der Waals surface area contributed by atoms with E-state index in [1.165, 1.54) is 12.1 Å². The van der Waals surface area contributed by atoms with Crippen LogP contribution in [0.3, 0.4) is 0 Å². The third-order valence-corrected chi connectivity index (χ3v) is 5.90. The van der Waals surface area contributed by atoms with Crippen LogP contribution in [0.5, 0.6) is 11.5 Å². The summed E-state index contributed by atoms with van der Waals surface area (Å²) < 4.78 is 49.4. The van der Waals surface area contributed by atoms with Gasteiger partial charge in [0, 0.05) is 39.3 Å². The SMILES string of the molecule is CC(C(=O)NCc1ccc2c(c1)OCO2)N1CCN(Cc2cccc(C(F)(F)F)c2)CC1. The van der Waals surface area contributed by atoms with Gasteiger partial charge in [0.25, 0.3) is 0 Å². The molecule has 0 saturated carbocycles. The van der Waals surface area contributed by atoms with Gasteiger partial charge >= 0.3 is 6.18 Å². The molecule has 2 aromatic carbocycles. The molecule has 0 aromatic heterocycles. The van der Waals surface area contributed by atoms with Crippen LogP contribution in [0, 0.1) is 0 Å². The van der Waals surface area contributed by atoms with Gasteiger partial charge in [0.1, 0.15) is 0 Å². The maximum Gasteiger partial charge on any atom is 0.416 e. The number of ether oxygens (including phenoxy) is 2. The van der Waals surface area contributed by atoms with E-state index in [0.717, 1.165) is 11.6 Å². The summed E-state index contributed by atoms with van der Waals surface area (Å²) in [6, 6.07) is 10.8. The van der Waals surface area contributed by atoms with Crippen LogP contribution in [0.25, 0.3) is 0 Å². The number of amides is 1. The Bertz CT molecular complexity index is 959. The molecule has 2 heterocycles. The van der Waals surface area contributed by atoms with Crippen molar-refractivity contribution in [2.24, 2.45) is 0 Å². The third-order valence-electron chi connectivity index (χ3n) is 5.90. The Morgan fingerprint density at radius 2 is 1.78 bits per heavy atom. The van der Waals surface area contributed by atoms with Crippen LogP contribution >= 0.6 is 0 Å². The fourth-order valence-corrected chi connectivity index (χ4v) is 3.97. The highest BCUT2D eigenvalue weighted by Gasteiger charge is 2.31. The van der Waals surface area contributed by atoms with Crippen molar-refractivity contribution in [2.45, 2.75) is 32.2 Å². The molecular weight excluding hydrogens is 423 g/mol. The number of alkyl halides is 3. The van der Waals surface area contributed by atoms with Crippen LogP contribution in [0.15, 0.2) is 42.5 Å². The lowest BCUT2D eigenvalue weighted by atomic mass is 10.1. The molecule has 2 aliphatic rings. The van der Waals surface area contributed by atoms with Crippen molar-refractivity contribution in [3.63, 3.8) is 0 Å². The number of piperazine rings is 1. The van der Waals surface area contributed by atoms with E-state index in [1.807, 2.05) is 25.1 Å². The standard InChI is InChI=1S/C23H26F3N3O3/c1-16(22(30)27-13-17-5-6-20-21(12-17)32-15-31-20)29-9-7-28(8-10-29)14-18-3-2-4-19(11-18)23(24,25)26/h2-6,11-12,16H,7-10,13-15H2,1H3,(H,27,30). The predicted molar refractivity (Wildman–Crippen MR) is 112 cm³/mol. The summed E-state index contributed by atoms with van der Waals surface area (Å²) in [5.74, 6) is 1.33. The van der Waals surface area contributed by atoms with Crippen molar-refractivity contribution in [3.8, 4) is 11.5 Å². The number of hydrogen-bond acceptors (Lipinski definition) is 5. The molecule has 6 nitrogen and oxygen atoms in total. The lowest BCUT2D eigenvalue weighted by Crippen LogP contribution is -2.53. The summed E-state index contributed by atoms with van der Waals surface area (Å²) in [5.41, 5.74) is 0.949. The second-order valence-corrected chi connectivity index (χ2v) is 8.09. The highest BCUT2D eigenvalue weighted by Crippen LogP contribution is 2.32. The van der Waals surface area contributed by atoms with Crippen LogP contribution in [-0.4, -0.2) is 54.7 Å². The Morgan fingerprint density at radius 3 is 2.53 bits per heavy atom. The topological polar surface area (TPSA) is 54.0 Å². The van der Waals surface area contributed by atoms with E-state index in [-0.39, 0.29) is 18.7 Å². The highest BCUT2D eigenvalue weighted by molar-refractivity contribution is 5.81. The van der Waals surface area contributed by atoms with Gasteiger partial charge in [0.2, 0.25) is 12.7 Å². The molecule has 9 heteroatoms. The average molecular weight is 449 g/mol. The number of carbonyl (C=O) groups is 1. The minimum atomic E-state index is -4.34. The van der Waals surface area contributed by atoms with Crippen LogP contribution in [0.4, 0.5) is 13.2 Å². The largest absolute Gasteiger partial charge is 0.454 e. The van der Waals surface area contributed by atoms with Crippen LogP contribution in [0.2, 0.25) is 0 Å². The van der Waals surface area contributed by atoms with Gasteiger partial charge in [-0.3, -0.25) is 14.6 Å². The highest BCUT2D eigenvalue weighted by atomic mass is 19.4. The van der Waals surface area contributed by atoms with E-state index in [1.54, 1.807) is 6.07 Å². The minimum absolute atomic E-state index is 0.0611. The lowest BCUT2D eigenvalue weighted by Gasteiger charge is -2.37. The van der Waals surface area contributed by atoms with Gasteiger partial charge in [-0.15, -0.1) is 0 Å². The summed E-state index contributed by atoms with van der Waals surface area (Å²) >= 11 is 0. The van der Waals surface area contributed by atoms with Crippen molar-refractivity contribution < 1.29 is 27.4 Å². The Labute approximate surface area is 184 Å². The number of nitrogens with zero attached hydrogens (tertiary/aromatic N) is 2. The molecule has 2 aliphatic heterocycles. The lowest BCUT2D eigenvalue weighted by molar-refractivity contribution is -0.137. The van der Waals surface area contributed by atoms with Gasteiger partial charge in [-0.05, 0) is 36.2 Å². The molecule has 0 bridgehead atoms. The molecule has 0 radical (unpaired) electrons.